The summed E-state index contributed by atoms with van der Waals surface area (Å²) in [4.78, 5) is 0. The highest BCUT2D eigenvalue weighted by Gasteiger charge is 2.19. The first-order valence-electron chi connectivity index (χ1n) is 6.16. The Bertz CT molecular complexity index is 731. The van der Waals surface area contributed by atoms with Crippen molar-refractivity contribution in [3.05, 3.63) is 53.9 Å². The van der Waals surface area contributed by atoms with Crippen LogP contribution in [0.2, 0.25) is 0 Å². The summed E-state index contributed by atoms with van der Waals surface area (Å²) in [6.07, 6.45) is 1.92. The van der Waals surface area contributed by atoms with E-state index >= 15 is 0 Å². The van der Waals surface area contributed by atoms with Gasteiger partial charge >= 0.3 is 0 Å². The lowest BCUT2D eigenvalue weighted by Gasteiger charge is -2.15. The Balaban J connectivity index is 2.51. The third kappa shape index (κ3) is 3.15. The lowest BCUT2D eigenvalue weighted by atomic mass is 9.94. The highest BCUT2D eigenvalue weighted by Crippen LogP contribution is 2.32. The van der Waals surface area contributed by atoms with E-state index in [-0.39, 0.29) is 17.6 Å². The van der Waals surface area contributed by atoms with Gasteiger partial charge < -0.3 is 5.11 Å². The van der Waals surface area contributed by atoms with Crippen molar-refractivity contribution in [1.82, 2.24) is 9.78 Å². The van der Waals surface area contributed by atoms with Crippen molar-refractivity contribution in [2.75, 3.05) is 0 Å². The first kappa shape index (κ1) is 14.9. The Hall–Kier alpha value is -2.52. The zero-order valence-electron chi connectivity index (χ0n) is 11.3. The minimum atomic E-state index is -1.15. The van der Waals surface area contributed by atoms with Crippen LogP contribution >= 0.6 is 0 Å². The summed E-state index contributed by atoms with van der Waals surface area (Å²) in [5.41, 5.74) is 1.23. The van der Waals surface area contributed by atoms with Gasteiger partial charge in [0.25, 0.3) is 0 Å². The number of rotatable bonds is 4. The second-order valence-corrected chi connectivity index (χ2v) is 4.69. The SMILES string of the molecule is C=C(C#N)C[C@@H](O)c1cc(F)c(F)cc1-c1cnn(C)c1. The number of nitrogens with zero attached hydrogens (tertiary/aromatic N) is 3. The van der Waals surface area contributed by atoms with Gasteiger partial charge in [0.1, 0.15) is 0 Å². The first-order chi connectivity index (χ1) is 9.92. The van der Waals surface area contributed by atoms with Gasteiger partial charge in [-0.3, -0.25) is 4.68 Å². The van der Waals surface area contributed by atoms with Crippen LogP contribution in [-0.4, -0.2) is 14.9 Å². The van der Waals surface area contributed by atoms with Gasteiger partial charge in [0.05, 0.1) is 18.4 Å². The molecule has 2 rings (SSSR count). The summed E-state index contributed by atoms with van der Waals surface area (Å²) in [7, 11) is 1.69. The van der Waals surface area contributed by atoms with Crippen LogP contribution in [0.25, 0.3) is 11.1 Å². The topological polar surface area (TPSA) is 61.8 Å². The number of aliphatic hydroxyl groups is 1. The summed E-state index contributed by atoms with van der Waals surface area (Å²) < 4.78 is 28.5. The molecule has 1 atom stereocenters. The van der Waals surface area contributed by atoms with Crippen LogP contribution in [0.3, 0.4) is 0 Å². The van der Waals surface area contributed by atoms with Crippen molar-refractivity contribution in [1.29, 1.82) is 5.26 Å². The van der Waals surface area contributed by atoms with E-state index in [0.29, 0.717) is 11.1 Å². The van der Waals surface area contributed by atoms with E-state index in [1.807, 2.05) is 6.07 Å². The van der Waals surface area contributed by atoms with Gasteiger partial charge in [-0.25, -0.2) is 8.78 Å². The highest BCUT2D eigenvalue weighted by molar-refractivity contribution is 5.67. The fourth-order valence-electron chi connectivity index (χ4n) is 2.04. The first-order valence-corrected chi connectivity index (χ1v) is 6.16. The van der Waals surface area contributed by atoms with Gasteiger partial charge in [0.2, 0.25) is 0 Å². The molecule has 0 saturated carbocycles. The molecular formula is C15H13F2N3O. The van der Waals surface area contributed by atoms with Crippen molar-refractivity contribution in [3.8, 4) is 17.2 Å². The van der Waals surface area contributed by atoms with Gasteiger partial charge in [-0.1, -0.05) is 6.58 Å². The molecule has 108 valence electrons. The molecule has 1 heterocycles. The molecule has 21 heavy (non-hydrogen) atoms. The Morgan fingerprint density at radius 3 is 2.71 bits per heavy atom. The van der Waals surface area contributed by atoms with Crippen molar-refractivity contribution in [2.24, 2.45) is 7.05 Å². The number of hydrogen-bond donors (Lipinski definition) is 1. The molecule has 0 aliphatic carbocycles. The second kappa shape index (κ2) is 5.85. The molecule has 0 saturated heterocycles. The molecule has 0 unspecified atom stereocenters. The van der Waals surface area contributed by atoms with Crippen LogP contribution in [0, 0.1) is 23.0 Å². The number of aryl methyl sites for hydroxylation is 1. The third-order valence-corrected chi connectivity index (χ3v) is 3.07. The maximum Gasteiger partial charge on any atom is 0.159 e. The predicted octanol–water partition coefficient (Wildman–Crippen LogP) is 2.87. The van der Waals surface area contributed by atoms with Gasteiger partial charge in [0, 0.05) is 30.8 Å². The monoisotopic (exact) mass is 289 g/mol. The van der Waals surface area contributed by atoms with Gasteiger partial charge in [-0.15, -0.1) is 0 Å². The third-order valence-electron chi connectivity index (χ3n) is 3.07. The van der Waals surface area contributed by atoms with Crippen molar-refractivity contribution < 1.29 is 13.9 Å². The quantitative estimate of drug-likeness (QED) is 0.880. The molecule has 0 aliphatic rings. The molecule has 0 bridgehead atoms. The molecule has 1 N–H and O–H groups in total. The maximum absolute atomic E-state index is 13.5. The Morgan fingerprint density at radius 1 is 1.48 bits per heavy atom. The van der Waals surface area contributed by atoms with E-state index in [4.69, 9.17) is 5.26 Å². The standard InChI is InChI=1S/C15H13F2N3O/c1-9(6-18)3-15(21)12-5-14(17)13(16)4-11(12)10-7-19-20(2)8-10/h4-5,7-8,15,21H,1,3H2,2H3/t15-/m1/s1. The summed E-state index contributed by atoms with van der Waals surface area (Å²) in [5.74, 6) is -2.07. The molecule has 2 aromatic rings. The Morgan fingerprint density at radius 2 is 2.14 bits per heavy atom. The summed E-state index contributed by atoms with van der Waals surface area (Å²) in [6, 6.07) is 3.77. The zero-order valence-corrected chi connectivity index (χ0v) is 11.3. The molecule has 0 radical (unpaired) electrons. The van der Waals surface area contributed by atoms with E-state index in [1.165, 1.54) is 10.9 Å². The van der Waals surface area contributed by atoms with Crippen molar-refractivity contribution >= 4 is 0 Å². The fraction of sp³-hybridized carbons (Fsp3) is 0.200. The lowest BCUT2D eigenvalue weighted by molar-refractivity contribution is 0.179. The number of nitriles is 1. The normalized spacial score (nSPS) is 12.0. The zero-order chi connectivity index (χ0) is 15.6. The molecule has 0 amide bonds. The van der Waals surface area contributed by atoms with Crippen LogP contribution in [-0.2, 0) is 7.05 Å². The summed E-state index contributed by atoms with van der Waals surface area (Å²) in [5, 5.41) is 22.8. The number of hydrogen-bond acceptors (Lipinski definition) is 3. The molecule has 1 aromatic carbocycles. The van der Waals surface area contributed by atoms with Crippen molar-refractivity contribution in [2.45, 2.75) is 12.5 Å². The maximum atomic E-state index is 13.5. The average Bonchev–Trinajstić information content (AvgIpc) is 2.87. The fourth-order valence-corrected chi connectivity index (χ4v) is 2.04. The number of aromatic nitrogens is 2. The van der Waals surface area contributed by atoms with Gasteiger partial charge in [0.15, 0.2) is 11.6 Å². The molecule has 4 nitrogen and oxygen atoms in total. The van der Waals surface area contributed by atoms with Crippen LogP contribution in [0.4, 0.5) is 8.78 Å². The lowest BCUT2D eigenvalue weighted by Crippen LogP contribution is -2.03. The van der Waals surface area contributed by atoms with Crippen molar-refractivity contribution in [3.63, 3.8) is 0 Å². The summed E-state index contributed by atoms with van der Waals surface area (Å²) >= 11 is 0. The minimum Gasteiger partial charge on any atom is -0.388 e. The Kier molecular flexibility index (Phi) is 4.15. The minimum absolute atomic E-state index is 0.0468. The average molecular weight is 289 g/mol. The van der Waals surface area contributed by atoms with E-state index in [0.717, 1.165) is 12.1 Å². The largest absolute Gasteiger partial charge is 0.388 e. The van der Waals surface area contributed by atoms with Crippen LogP contribution in [0.1, 0.15) is 18.1 Å². The summed E-state index contributed by atoms with van der Waals surface area (Å²) in [6.45, 7) is 3.48. The van der Waals surface area contributed by atoms with E-state index in [9.17, 15) is 13.9 Å². The molecule has 0 fully saturated rings. The van der Waals surface area contributed by atoms with Crippen LogP contribution in [0.5, 0.6) is 0 Å². The molecule has 0 aliphatic heterocycles. The number of aliphatic hydroxyl groups excluding tert-OH is 1. The number of halogens is 2. The van der Waals surface area contributed by atoms with Gasteiger partial charge in [-0.05, 0) is 23.3 Å². The van der Waals surface area contributed by atoms with E-state index < -0.39 is 17.7 Å². The van der Waals surface area contributed by atoms with Crippen LogP contribution in [0.15, 0.2) is 36.7 Å². The smallest absolute Gasteiger partial charge is 0.159 e. The van der Waals surface area contributed by atoms with Crippen LogP contribution < -0.4 is 0 Å². The van der Waals surface area contributed by atoms with E-state index in [1.54, 1.807) is 13.2 Å². The Labute approximate surface area is 120 Å². The highest BCUT2D eigenvalue weighted by atomic mass is 19.2. The second-order valence-electron chi connectivity index (χ2n) is 4.69. The van der Waals surface area contributed by atoms with E-state index in [2.05, 4.69) is 11.7 Å². The number of benzene rings is 1. The van der Waals surface area contributed by atoms with Gasteiger partial charge in [-0.2, -0.15) is 10.4 Å². The molecule has 0 spiro atoms. The molecular weight excluding hydrogens is 276 g/mol. The molecule has 6 heteroatoms. The predicted molar refractivity (Wildman–Crippen MR) is 72.9 cm³/mol. The molecule has 1 aromatic heterocycles.